The summed E-state index contributed by atoms with van der Waals surface area (Å²) < 4.78 is 22.8. The third-order valence-corrected chi connectivity index (χ3v) is 6.67. The summed E-state index contributed by atoms with van der Waals surface area (Å²) in [6.07, 6.45) is 2.98. The summed E-state index contributed by atoms with van der Waals surface area (Å²) in [6.45, 7) is 8.21. The lowest BCUT2D eigenvalue weighted by Crippen LogP contribution is -2.41. The van der Waals surface area contributed by atoms with Crippen molar-refractivity contribution in [3.8, 4) is 0 Å². The number of aromatic nitrogens is 1. The molecule has 1 aliphatic heterocycles. The van der Waals surface area contributed by atoms with Gasteiger partial charge in [-0.25, -0.2) is 9.59 Å². The lowest BCUT2D eigenvalue weighted by Gasteiger charge is -2.32. The van der Waals surface area contributed by atoms with E-state index in [4.69, 9.17) is 18.8 Å². The number of ether oxygens (including phenoxy) is 2. The van der Waals surface area contributed by atoms with Gasteiger partial charge in [0, 0.05) is 23.6 Å². The molecule has 9 heteroatoms. The number of fused-ring (bicyclic) bond motifs is 1. The summed E-state index contributed by atoms with van der Waals surface area (Å²) >= 11 is 0. The van der Waals surface area contributed by atoms with Crippen LogP contribution in [0.15, 0.2) is 60.2 Å². The van der Waals surface area contributed by atoms with E-state index in [-0.39, 0.29) is 13.2 Å². The number of benzene rings is 2. The van der Waals surface area contributed by atoms with Gasteiger partial charge in [-0.15, -0.1) is 0 Å². The maximum Gasteiger partial charge on any atom is 0.492 e. The Kier molecular flexibility index (Phi) is 7.24. The van der Waals surface area contributed by atoms with Gasteiger partial charge in [-0.1, -0.05) is 42.5 Å². The maximum atomic E-state index is 12.4. The molecule has 0 aliphatic carbocycles. The Balaban J connectivity index is 1.57. The van der Waals surface area contributed by atoms with Crippen LogP contribution in [-0.2, 0) is 25.4 Å². The van der Waals surface area contributed by atoms with Crippen LogP contribution in [0.3, 0.4) is 0 Å². The molecule has 2 aromatic carbocycles. The molecule has 4 rings (SSSR count). The molecule has 1 aromatic heterocycles. The van der Waals surface area contributed by atoms with Gasteiger partial charge in [-0.2, -0.15) is 0 Å². The Bertz CT molecular complexity index is 1270. The highest BCUT2D eigenvalue weighted by molar-refractivity contribution is 6.56. The van der Waals surface area contributed by atoms with Crippen LogP contribution in [0.5, 0.6) is 0 Å². The van der Waals surface area contributed by atoms with Gasteiger partial charge in [-0.05, 0) is 56.4 Å². The highest BCUT2D eigenvalue weighted by Crippen LogP contribution is 2.39. The first-order valence-corrected chi connectivity index (χ1v) is 11.8. The molecule has 8 nitrogen and oxygen atoms in total. The van der Waals surface area contributed by atoms with Gasteiger partial charge in [-0.3, -0.25) is 0 Å². The molecule has 0 unspecified atom stereocenters. The molecular formula is C27H31BN2O6. The summed E-state index contributed by atoms with van der Waals surface area (Å²) in [5.74, 6) is -0.420. The van der Waals surface area contributed by atoms with Crippen LogP contribution >= 0.6 is 0 Å². The van der Waals surface area contributed by atoms with Gasteiger partial charge in [0.1, 0.15) is 6.61 Å². The van der Waals surface area contributed by atoms with Gasteiger partial charge in [0.05, 0.1) is 23.9 Å². The molecule has 3 aromatic rings. The van der Waals surface area contributed by atoms with Crippen molar-refractivity contribution in [2.75, 3.05) is 13.7 Å². The van der Waals surface area contributed by atoms with E-state index in [1.54, 1.807) is 6.20 Å². The second-order valence-corrected chi connectivity index (χ2v) is 9.72. The van der Waals surface area contributed by atoms with Crippen molar-refractivity contribution in [1.82, 2.24) is 10.3 Å². The van der Waals surface area contributed by atoms with Crippen molar-refractivity contribution in [2.45, 2.75) is 45.5 Å². The number of carbonyl (C=O) groups is 2. The number of amides is 1. The maximum absolute atomic E-state index is 12.4. The van der Waals surface area contributed by atoms with Crippen molar-refractivity contribution in [3.05, 3.63) is 76.9 Å². The number of alkyl carbamates (subject to hydrolysis) is 1. The molecule has 0 saturated carbocycles. The number of esters is 1. The van der Waals surface area contributed by atoms with Gasteiger partial charge in [0.25, 0.3) is 0 Å². The number of H-pyrrole nitrogens is 1. The molecule has 0 radical (unpaired) electrons. The van der Waals surface area contributed by atoms with Crippen LogP contribution in [0.4, 0.5) is 4.79 Å². The van der Waals surface area contributed by atoms with Gasteiger partial charge in [0.2, 0.25) is 0 Å². The van der Waals surface area contributed by atoms with Crippen LogP contribution in [0.25, 0.3) is 17.0 Å². The van der Waals surface area contributed by atoms with Gasteiger partial charge >= 0.3 is 19.2 Å². The first kappa shape index (κ1) is 25.5. The van der Waals surface area contributed by atoms with E-state index in [1.165, 1.54) is 7.11 Å². The van der Waals surface area contributed by atoms with Crippen molar-refractivity contribution >= 4 is 36.2 Å². The average molecular weight is 490 g/mol. The molecule has 1 saturated heterocycles. The zero-order chi connectivity index (χ0) is 25.9. The van der Waals surface area contributed by atoms with Crippen molar-refractivity contribution in [2.24, 2.45) is 0 Å². The highest BCUT2D eigenvalue weighted by Gasteiger charge is 2.52. The van der Waals surface area contributed by atoms with Crippen LogP contribution in [0.1, 0.15) is 49.2 Å². The summed E-state index contributed by atoms with van der Waals surface area (Å²) in [4.78, 5) is 27.7. The Hall–Kier alpha value is -3.56. The molecule has 36 heavy (non-hydrogen) atoms. The number of hydrogen-bond acceptors (Lipinski definition) is 6. The number of aromatic amines is 1. The Labute approximate surface area is 211 Å². The van der Waals surface area contributed by atoms with Crippen molar-refractivity contribution in [3.63, 3.8) is 0 Å². The fourth-order valence-corrected chi connectivity index (χ4v) is 3.87. The smallest absolute Gasteiger partial charge is 0.465 e. The Morgan fingerprint density at radius 1 is 1.06 bits per heavy atom. The number of hydrogen-bond donors (Lipinski definition) is 2. The SMILES string of the molecule is COC(=O)c1c[nH]c2ccc(C=C(CNC(=O)OCc3ccccc3)B3OC(C)(C)C(C)(C)O3)cc12. The van der Waals surface area contributed by atoms with Gasteiger partial charge < -0.3 is 29.1 Å². The van der Waals surface area contributed by atoms with Crippen LogP contribution in [-0.4, -0.2) is 49.0 Å². The summed E-state index contributed by atoms with van der Waals surface area (Å²) in [7, 11) is 0.676. The van der Waals surface area contributed by atoms with E-state index in [1.807, 2.05) is 82.3 Å². The van der Waals surface area contributed by atoms with Crippen LogP contribution in [0, 0.1) is 0 Å². The number of methoxy groups -OCH3 is 1. The molecule has 0 atom stereocenters. The topological polar surface area (TPSA) is 98.9 Å². The first-order valence-electron chi connectivity index (χ1n) is 11.8. The van der Waals surface area contributed by atoms with E-state index in [0.717, 1.165) is 22.0 Å². The van der Waals surface area contributed by atoms with Gasteiger partial charge in [0.15, 0.2) is 0 Å². The average Bonchev–Trinajstić information content (AvgIpc) is 3.37. The van der Waals surface area contributed by atoms with E-state index < -0.39 is 30.4 Å². The minimum absolute atomic E-state index is 0.152. The second kappa shape index (κ2) is 10.2. The lowest BCUT2D eigenvalue weighted by molar-refractivity contribution is 0.00578. The Morgan fingerprint density at radius 3 is 2.42 bits per heavy atom. The highest BCUT2D eigenvalue weighted by atomic mass is 16.7. The quantitative estimate of drug-likeness (QED) is 0.361. The molecular weight excluding hydrogens is 459 g/mol. The Morgan fingerprint density at radius 2 is 1.75 bits per heavy atom. The number of rotatable bonds is 7. The molecule has 0 bridgehead atoms. The van der Waals surface area contributed by atoms with E-state index in [9.17, 15) is 9.59 Å². The van der Waals surface area contributed by atoms with Crippen molar-refractivity contribution < 1.29 is 28.4 Å². The summed E-state index contributed by atoms with van der Waals surface area (Å²) in [6, 6.07) is 15.2. The second-order valence-electron chi connectivity index (χ2n) is 9.72. The largest absolute Gasteiger partial charge is 0.492 e. The third kappa shape index (κ3) is 5.47. The molecule has 2 heterocycles. The van der Waals surface area contributed by atoms with E-state index in [0.29, 0.717) is 11.0 Å². The molecule has 1 amide bonds. The third-order valence-electron chi connectivity index (χ3n) is 6.67. The minimum atomic E-state index is -0.675. The molecule has 188 valence electrons. The molecule has 2 N–H and O–H groups in total. The zero-order valence-corrected chi connectivity index (χ0v) is 21.2. The van der Waals surface area contributed by atoms with E-state index in [2.05, 4.69) is 10.3 Å². The fourth-order valence-electron chi connectivity index (χ4n) is 3.87. The predicted octanol–water partition coefficient (Wildman–Crippen LogP) is 4.90. The van der Waals surface area contributed by atoms with Crippen molar-refractivity contribution in [1.29, 1.82) is 0 Å². The van der Waals surface area contributed by atoms with E-state index >= 15 is 0 Å². The molecule has 0 spiro atoms. The number of nitrogens with one attached hydrogen (secondary N) is 2. The standard InChI is InChI=1S/C27H31BN2O6/c1-26(2)27(3,4)36-28(35-26)20(15-30-25(32)34-17-18-9-7-6-8-10-18)13-19-11-12-23-21(14-19)22(16-29-23)24(31)33-5/h6-14,16,29H,15,17H2,1-5H3,(H,30,32). The normalized spacial score (nSPS) is 16.7. The predicted molar refractivity (Wildman–Crippen MR) is 138 cm³/mol. The van der Waals surface area contributed by atoms with Crippen LogP contribution in [0.2, 0.25) is 0 Å². The minimum Gasteiger partial charge on any atom is -0.465 e. The zero-order valence-electron chi connectivity index (χ0n) is 21.2. The fraction of sp³-hybridized carbons (Fsp3) is 0.333. The van der Waals surface area contributed by atoms with Crippen LogP contribution < -0.4 is 5.32 Å². The monoisotopic (exact) mass is 490 g/mol. The molecule has 1 fully saturated rings. The summed E-state index contributed by atoms with van der Waals surface area (Å²) in [5, 5.41) is 3.54. The molecule has 1 aliphatic rings. The lowest BCUT2D eigenvalue weighted by atomic mass is 9.77. The summed E-state index contributed by atoms with van der Waals surface area (Å²) in [5.41, 5.74) is 2.59. The first-order chi connectivity index (χ1) is 17.1. The number of carbonyl (C=O) groups excluding carboxylic acids is 2.